The molecule has 1 aromatic heterocycles. The number of halogens is 1. The van der Waals surface area contributed by atoms with Crippen molar-refractivity contribution in [3.8, 4) is 0 Å². The average molecular weight is 445 g/mol. The Balaban J connectivity index is 1.52. The minimum Gasteiger partial charge on any atom is -0.325 e. The molecule has 150 valence electrons. The first kappa shape index (κ1) is 21.6. The predicted octanol–water partition coefficient (Wildman–Crippen LogP) is 5.82. The number of hydrogen-bond acceptors (Lipinski definition) is 5. The summed E-state index contributed by atoms with van der Waals surface area (Å²) < 4.78 is 0.783. The van der Waals surface area contributed by atoms with Gasteiger partial charge in [-0.1, -0.05) is 60.6 Å². The minimum absolute atomic E-state index is 0.0728. The highest BCUT2D eigenvalue weighted by Gasteiger charge is 2.12. The maximum atomic E-state index is 12.3. The van der Waals surface area contributed by atoms with Gasteiger partial charge in [0, 0.05) is 21.7 Å². The van der Waals surface area contributed by atoms with Crippen LogP contribution in [0.2, 0.25) is 5.02 Å². The van der Waals surface area contributed by atoms with Gasteiger partial charge < -0.3 is 5.32 Å². The Morgan fingerprint density at radius 2 is 1.93 bits per heavy atom. The van der Waals surface area contributed by atoms with Gasteiger partial charge in [-0.25, -0.2) is 4.98 Å². The fraction of sp³-hybridized carbons (Fsp3) is 0.227. The van der Waals surface area contributed by atoms with Crippen LogP contribution >= 0.6 is 34.7 Å². The molecule has 0 bridgehead atoms. The number of nitrogens with zero attached hydrogens (tertiary/aromatic N) is 1. The molecule has 4 nitrogen and oxygen atoms in total. The van der Waals surface area contributed by atoms with Crippen LogP contribution in [0.5, 0.6) is 0 Å². The van der Waals surface area contributed by atoms with E-state index in [0.29, 0.717) is 27.7 Å². The van der Waals surface area contributed by atoms with Gasteiger partial charge in [0.1, 0.15) is 0 Å². The monoisotopic (exact) mass is 444 g/mol. The maximum Gasteiger partial charge on any atom is 0.230 e. The van der Waals surface area contributed by atoms with Crippen LogP contribution in [0.15, 0.2) is 52.2 Å². The molecule has 7 heteroatoms. The molecule has 1 amide bonds. The van der Waals surface area contributed by atoms with Gasteiger partial charge in [-0.3, -0.25) is 9.59 Å². The van der Waals surface area contributed by atoms with Gasteiger partial charge in [0.05, 0.1) is 17.9 Å². The molecule has 0 saturated heterocycles. The fourth-order valence-electron chi connectivity index (χ4n) is 2.67. The average Bonchev–Trinajstić information content (AvgIpc) is 3.17. The van der Waals surface area contributed by atoms with Crippen LogP contribution in [-0.2, 0) is 17.6 Å². The maximum absolute atomic E-state index is 12.3. The number of benzene rings is 2. The molecule has 2 aromatic carbocycles. The molecule has 0 aliphatic carbocycles. The van der Waals surface area contributed by atoms with E-state index in [0.717, 1.165) is 16.3 Å². The third-order valence-corrected chi connectivity index (χ3v) is 6.90. The van der Waals surface area contributed by atoms with Gasteiger partial charge in [-0.15, -0.1) is 11.3 Å². The molecule has 1 N–H and O–H groups in total. The summed E-state index contributed by atoms with van der Waals surface area (Å²) in [6, 6.07) is 13.1. The van der Waals surface area contributed by atoms with Crippen molar-refractivity contribution < 1.29 is 9.59 Å². The molecule has 0 aliphatic rings. The van der Waals surface area contributed by atoms with E-state index in [9.17, 15) is 9.59 Å². The summed E-state index contributed by atoms with van der Waals surface area (Å²) in [4.78, 5) is 29.1. The molecule has 0 radical (unpaired) electrons. The van der Waals surface area contributed by atoms with Crippen molar-refractivity contribution in [1.29, 1.82) is 0 Å². The van der Waals surface area contributed by atoms with E-state index < -0.39 is 0 Å². The van der Waals surface area contributed by atoms with Gasteiger partial charge in [0.25, 0.3) is 0 Å². The van der Waals surface area contributed by atoms with E-state index >= 15 is 0 Å². The van der Waals surface area contributed by atoms with E-state index in [4.69, 9.17) is 11.6 Å². The van der Waals surface area contributed by atoms with Crippen LogP contribution < -0.4 is 5.32 Å². The first-order valence-corrected chi connectivity index (χ1v) is 11.4. The van der Waals surface area contributed by atoms with Gasteiger partial charge in [-0.2, -0.15) is 0 Å². The molecule has 3 rings (SSSR count). The van der Waals surface area contributed by atoms with Gasteiger partial charge in [-0.05, 0) is 36.6 Å². The first-order chi connectivity index (χ1) is 14.0. The zero-order valence-corrected chi connectivity index (χ0v) is 18.6. The highest BCUT2D eigenvalue weighted by atomic mass is 35.5. The Hall–Kier alpha value is -2.15. The van der Waals surface area contributed by atoms with E-state index in [1.54, 1.807) is 12.1 Å². The molecule has 0 saturated carbocycles. The Labute approximate surface area is 183 Å². The lowest BCUT2D eigenvalue weighted by Gasteiger charge is -2.08. The van der Waals surface area contributed by atoms with Crippen molar-refractivity contribution >= 4 is 52.1 Å². The summed E-state index contributed by atoms with van der Waals surface area (Å²) in [6.45, 7) is 3.95. The van der Waals surface area contributed by atoms with E-state index in [-0.39, 0.29) is 18.1 Å². The van der Waals surface area contributed by atoms with E-state index in [1.165, 1.54) is 28.7 Å². The number of aromatic nitrogens is 1. The molecule has 0 atom stereocenters. The number of ketones is 1. The Morgan fingerprint density at radius 3 is 2.66 bits per heavy atom. The lowest BCUT2D eigenvalue weighted by molar-refractivity contribution is -0.115. The van der Waals surface area contributed by atoms with Gasteiger partial charge in [0.2, 0.25) is 5.91 Å². The van der Waals surface area contributed by atoms with Crippen LogP contribution in [0.25, 0.3) is 0 Å². The Morgan fingerprint density at radius 1 is 1.17 bits per heavy atom. The van der Waals surface area contributed by atoms with Crippen molar-refractivity contribution in [1.82, 2.24) is 4.98 Å². The summed E-state index contributed by atoms with van der Waals surface area (Å²) in [5, 5.41) is 5.34. The number of rotatable bonds is 8. The highest BCUT2D eigenvalue weighted by Crippen LogP contribution is 2.25. The van der Waals surface area contributed by atoms with Crippen molar-refractivity contribution in [3.05, 3.63) is 75.3 Å². The van der Waals surface area contributed by atoms with Gasteiger partial charge >= 0.3 is 0 Å². The molecule has 0 aliphatic heterocycles. The normalized spacial score (nSPS) is 10.7. The lowest BCUT2D eigenvalue weighted by atomic mass is 10.1. The molecule has 0 fully saturated rings. The summed E-state index contributed by atoms with van der Waals surface area (Å²) in [5.41, 5.74) is 4.15. The molecule has 29 heavy (non-hydrogen) atoms. The lowest BCUT2D eigenvalue weighted by Crippen LogP contribution is -2.15. The number of aryl methyl sites for hydroxylation is 1. The van der Waals surface area contributed by atoms with Crippen LogP contribution in [0.1, 0.15) is 34.1 Å². The highest BCUT2D eigenvalue weighted by molar-refractivity contribution is 8.01. The number of hydrogen-bond donors (Lipinski definition) is 1. The quantitative estimate of drug-likeness (QED) is 0.351. The molecular weight excluding hydrogens is 424 g/mol. The second-order valence-corrected chi connectivity index (χ2v) is 8.99. The van der Waals surface area contributed by atoms with Crippen molar-refractivity contribution in [3.63, 3.8) is 0 Å². The smallest absolute Gasteiger partial charge is 0.230 e. The van der Waals surface area contributed by atoms with Gasteiger partial charge in [0.15, 0.2) is 10.1 Å². The number of thioether (sulfide) groups is 1. The third kappa shape index (κ3) is 5.92. The summed E-state index contributed by atoms with van der Waals surface area (Å²) in [5.74, 6) is 0.250. The molecule has 1 heterocycles. The largest absolute Gasteiger partial charge is 0.325 e. The molecule has 0 unspecified atom stereocenters. The Kier molecular flexibility index (Phi) is 7.47. The van der Waals surface area contributed by atoms with Crippen molar-refractivity contribution in [2.75, 3.05) is 11.1 Å². The zero-order valence-electron chi connectivity index (χ0n) is 16.2. The number of anilines is 1. The molecule has 3 aromatic rings. The fourth-order valence-corrected chi connectivity index (χ4v) is 4.59. The third-order valence-electron chi connectivity index (χ3n) is 4.43. The van der Waals surface area contributed by atoms with Crippen molar-refractivity contribution in [2.24, 2.45) is 0 Å². The van der Waals surface area contributed by atoms with Crippen molar-refractivity contribution in [2.45, 2.75) is 31.0 Å². The van der Waals surface area contributed by atoms with E-state index in [1.807, 2.05) is 42.6 Å². The van der Waals surface area contributed by atoms with Crippen LogP contribution in [0.4, 0.5) is 5.69 Å². The number of Topliss-reactive ketones (excluding diaryl/α,β-unsaturated/α-hetero) is 1. The minimum atomic E-state index is -0.149. The zero-order chi connectivity index (χ0) is 20.8. The second kappa shape index (κ2) is 10.1. The number of thiazole rings is 1. The summed E-state index contributed by atoms with van der Waals surface area (Å²) >= 11 is 8.93. The van der Waals surface area contributed by atoms with Crippen LogP contribution in [-0.4, -0.2) is 22.4 Å². The Bertz CT molecular complexity index is 1020. The number of carbonyl (C=O) groups excluding carboxylic acids is 2. The first-order valence-electron chi connectivity index (χ1n) is 9.20. The second-order valence-electron chi connectivity index (χ2n) is 6.50. The number of carbonyl (C=O) groups is 2. The summed E-state index contributed by atoms with van der Waals surface area (Å²) in [6.07, 6.45) is 1.13. The molecule has 0 spiro atoms. The SMILES string of the molecule is CCc1ccc(C(=O)CSc2nc(CC(=O)Nc3cccc(Cl)c3C)cs2)cc1. The topological polar surface area (TPSA) is 59.1 Å². The number of nitrogens with one attached hydrogen (secondary N) is 1. The standard InChI is InChI=1S/C22H21ClN2O2S2/c1-3-15-7-9-16(10-8-15)20(26)13-29-22-24-17(12-28-22)11-21(27)25-19-6-4-5-18(23)14(19)2/h4-10,12H,3,11,13H2,1-2H3,(H,25,27). The van der Waals surface area contributed by atoms with Crippen LogP contribution in [0.3, 0.4) is 0 Å². The van der Waals surface area contributed by atoms with E-state index in [2.05, 4.69) is 17.2 Å². The van der Waals surface area contributed by atoms with Crippen LogP contribution in [0, 0.1) is 6.92 Å². The predicted molar refractivity (Wildman–Crippen MR) is 122 cm³/mol. The molecular formula is C22H21ClN2O2S2. The number of amides is 1. The summed E-state index contributed by atoms with van der Waals surface area (Å²) in [7, 11) is 0.